The van der Waals surface area contributed by atoms with Crippen molar-refractivity contribution >= 4 is 0 Å². The molecule has 0 aromatic carbocycles. The first kappa shape index (κ1) is 9.40. The Morgan fingerprint density at radius 1 is 1.57 bits per heavy atom. The second kappa shape index (κ2) is 4.37. The Hall–Kier alpha value is -1.16. The standard InChI is InChI=1S/C10H14N2O2/c13-10-7-11-4-5-12(10)8-9-3-1-2-6-14-9/h4-5,7,9H,1-3,6,8H2. The van der Waals surface area contributed by atoms with Gasteiger partial charge in [-0.25, -0.2) is 0 Å². The first-order valence-corrected chi connectivity index (χ1v) is 4.98. The lowest BCUT2D eigenvalue weighted by Gasteiger charge is -2.22. The normalized spacial score (nSPS) is 22.1. The van der Waals surface area contributed by atoms with E-state index in [1.54, 1.807) is 17.0 Å². The van der Waals surface area contributed by atoms with E-state index in [0.717, 1.165) is 19.4 Å². The average molecular weight is 194 g/mol. The highest BCUT2D eigenvalue weighted by Crippen LogP contribution is 2.13. The van der Waals surface area contributed by atoms with Crippen molar-refractivity contribution in [3.05, 3.63) is 28.9 Å². The molecule has 0 spiro atoms. The van der Waals surface area contributed by atoms with Crippen molar-refractivity contribution in [1.29, 1.82) is 0 Å². The largest absolute Gasteiger partial charge is 0.376 e. The molecule has 4 heteroatoms. The van der Waals surface area contributed by atoms with Gasteiger partial charge in [-0.05, 0) is 19.3 Å². The van der Waals surface area contributed by atoms with Crippen molar-refractivity contribution in [2.45, 2.75) is 31.9 Å². The molecule has 1 atom stereocenters. The predicted octanol–water partition coefficient (Wildman–Crippen LogP) is 0.812. The molecular weight excluding hydrogens is 180 g/mol. The Bertz CT molecular complexity index is 342. The van der Waals surface area contributed by atoms with Gasteiger partial charge in [-0.3, -0.25) is 9.78 Å². The quantitative estimate of drug-likeness (QED) is 0.700. The summed E-state index contributed by atoms with van der Waals surface area (Å²) in [6, 6.07) is 0. The molecule has 2 heterocycles. The van der Waals surface area contributed by atoms with E-state index >= 15 is 0 Å². The van der Waals surface area contributed by atoms with E-state index in [9.17, 15) is 4.79 Å². The highest BCUT2D eigenvalue weighted by Gasteiger charge is 2.14. The molecule has 0 N–H and O–H groups in total. The van der Waals surface area contributed by atoms with Crippen LogP contribution in [0.1, 0.15) is 19.3 Å². The molecule has 0 bridgehead atoms. The first-order chi connectivity index (χ1) is 6.86. The van der Waals surface area contributed by atoms with Gasteiger partial charge in [0.15, 0.2) is 0 Å². The number of hydrogen-bond acceptors (Lipinski definition) is 3. The fourth-order valence-corrected chi connectivity index (χ4v) is 1.69. The van der Waals surface area contributed by atoms with Gasteiger partial charge >= 0.3 is 0 Å². The van der Waals surface area contributed by atoms with Crippen LogP contribution in [0, 0.1) is 0 Å². The Morgan fingerprint density at radius 3 is 3.21 bits per heavy atom. The van der Waals surface area contributed by atoms with Gasteiger partial charge < -0.3 is 9.30 Å². The second-order valence-corrected chi connectivity index (χ2v) is 3.56. The van der Waals surface area contributed by atoms with Crippen LogP contribution in [-0.2, 0) is 11.3 Å². The third-order valence-corrected chi connectivity index (χ3v) is 2.48. The molecule has 1 aliphatic rings. The van der Waals surface area contributed by atoms with Crippen LogP contribution in [0.5, 0.6) is 0 Å². The number of hydrogen-bond donors (Lipinski definition) is 0. The van der Waals surface area contributed by atoms with Crippen LogP contribution >= 0.6 is 0 Å². The van der Waals surface area contributed by atoms with Crippen molar-refractivity contribution in [3.63, 3.8) is 0 Å². The van der Waals surface area contributed by atoms with Crippen LogP contribution < -0.4 is 5.56 Å². The Morgan fingerprint density at radius 2 is 2.50 bits per heavy atom. The number of nitrogens with zero attached hydrogens (tertiary/aromatic N) is 2. The molecule has 1 unspecified atom stereocenters. The summed E-state index contributed by atoms with van der Waals surface area (Å²) < 4.78 is 7.21. The monoisotopic (exact) mass is 194 g/mol. The van der Waals surface area contributed by atoms with Gasteiger partial charge in [0, 0.05) is 19.0 Å². The van der Waals surface area contributed by atoms with Crippen LogP contribution in [0.2, 0.25) is 0 Å². The number of ether oxygens (including phenoxy) is 1. The molecule has 1 aromatic heterocycles. The van der Waals surface area contributed by atoms with Gasteiger partial charge in [-0.15, -0.1) is 0 Å². The van der Waals surface area contributed by atoms with Gasteiger partial charge in [0.05, 0.1) is 18.8 Å². The third kappa shape index (κ3) is 2.20. The molecule has 0 aliphatic carbocycles. The van der Waals surface area contributed by atoms with Crippen LogP contribution in [0.3, 0.4) is 0 Å². The number of aromatic nitrogens is 2. The summed E-state index contributed by atoms with van der Waals surface area (Å²) in [5.74, 6) is 0. The van der Waals surface area contributed by atoms with E-state index in [4.69, 9.17) is 4.74 Å². The molecule has 0 saturated carbocycles. The molecule has 0 amide bonds. The van der Waals surface area contributed by atoms with Crippen LogP contribution in [-0.4, -0.2) is 22.3 Å². The fourth-order valence-electron chi connectivity index (χ4n) is 1.69. The van der Waals surface area contributed by atoms with Crippen LogP contribution in [0.25, 0.3) is 0 Å². The zero-order chi connectivity index (χ0) is 9.80. The summed E-state index contributed by atoms with van der Waals surface area (Å²) >= 11 is 0. The SMILES string of the molecule is O=c1cnccn1CC1CCCCO1. The van der Waals surface area contributed by atoms with E-state index in [0.29, 0.717) is 6.54 Å². The van der Waals surface area contributed by atoms with Crippen LogP contribution in [0.15, 0.2) is 23.4 Å². The minimum Gasteiger partial charge on any atom is -0.376 e. The summed E-state index contributed by atoms with van der Waals surface area (Å²) in [5.41, 5.74) is -0.0540. The summed E-state index contributed by atoms with van der Waals surface area (Å²) in [7, 11) is 0. The van der Waals surface area contributed by atoms with E-state index in [-0.39, 0.29) is 11.7 Å². The molecular formula is C10H14N2O2. The first-order valence-electron chi connectivity index (χ1n) is 4.98. The maximum absolute atomic E-state index is 11.3. The maximum Gasteiger partial charge on any atom is 0.269 e. The lowest BCUT2D eigenvalue weighted by Crippen LogP contribution is -2.30. The van der Waals surface area contributed by atoms with E-state index in [1.165, 1.54) is 12.6 Å². The maximum atomic E-state index is 11.3. The van der Waals surface area contributed by atoms with E-state index in [1.807, 2.05) is 0 Å². The topological polar surface area (TPSA) is 44.1 Å². The second-order valence-electron chi connectivity index (χ2n) is 3.56. The summed E-state index contributed by atoms with van der Waals surface area (Å²) in [6.45, 7) is 1.48. The van der Waals surface area contributed by atoms with Gasteiger partial charge in [-0.1, -0.05) is 0 Å². The van der Waals surface area contributed by atoms with Gasteiger partial charge in [0.1, 0.15) is 0 Å². The molecule has 1 aromatic rings. The summed E-state index contributed by atoms with van der Waals surface area (Å²) in [6.07, 6.45) is 8.26. The zero-order valence-electron chi connectivity index (χ0n) is 8.06. The summed E-state index contributed by atoms with van der Waals surface area (Å²) in [4.78, 5) is 15.1. The molecule has 1 saturated heterocycles. The van der Waals surface area contributed by atoms with Crippen molar-refractivity contribution in [3.8, 4) is 0 Å². The Kier molecular flexibility index (Phi) is 2.93. The lowest BCUT2D eigenvalue weighted by atomic mass is 10.1. The number of rotatable bonds is 2. The molecule has 2 rings (SSSR count). The van der Waals surface area contributed by atoms with Crippen molar-refractivity contribution in [2.75, 3.05) is 6.61 Å². The molecule has 76 valence electrons. The van der Waals surface area contributed by atoms with E-state index < -0.39 is 0 Å². The average Bonchev–Trinajstić information content (AvgIpc) is 2.23. The highest BCUT2D eigenvalue weighted by molar-refractivity contribution is 4.81. The molecule has 1 fully saturated rings. The summed E-state index contributed by atoms with van der Waals surface area (Å²) in [5, 5.41) is 0. The van der Waals surface area contributed by atoms with E-state index in [2.05, 4.69) is 4.98 Å². The van der Waals surface area contributed by atoms with Gasteiger partial charge in [-0.2, -0.15) is 0 Å². The van der Waals surface area contributed by atoms with Crippen molar-refractivity contribution in [1.82, 2.24) is 9.55 Å². The van der Waals surface area contributed by atoms with Gasteiger partial charge in [0.2, 0.25) is 0 Å². The molecule has 0 radical (unpaired) electrons. The smallest absolute Gasteiger partial charge is 0.269 e. The lowest BCUT2D eigenvalue weighted by molar-refractivity contribution is 0.00538. The predicted molar refractivity (Wildman–Crippen MR) is 52.1 cm³/mol. The Balaban J connectivity index is 2.03. The molecule has 14 heavy (non-hydrogen) atoms. The van der Waals surface area contributed by atoms with Crippen molar-refractivity contribution < 1.29 is 4.74 Å². The van der Waals surface area contributed by atoms with Crippen molar-refractivity contribution in [2.24, 2.45) is 0 Å². The molecule has 4 nitrogen and oxygen atoms in total. The Labute approximate surface area is 82.5 Å². The van der Waals surface area contributed by atoms with Gasteiger partial charge in [0.25, 0.3) is 5.56 Å². The fraction of sp³-hybridized carbons (Fsp3) is 0.600. The zero-order valence-corrected chi connectivity index (χ0v) is 8.06. The molecule has 1 aliphatic heterocycles. The minimum atomic E-state index is -0.0540. The highest BCUT2D eigenvalue weighted by atomic mass is 16.5. The van der Waals surface area contributed by atoms with Crippen LogP contribution in [0.4, 0.5) is 0 Å². The minimum absolute atomic E-state index is 0.0540. The third-order valence-electron chi connectivity index (χ3n) is 2.48.